The van der Waals surface area contributed by atoms with Crippen LogP contribution in [-0.4, -0.2) is 29.3 Å². The molecule has 0 unspecified atom stereocenters. The molecule has 1 amide bonds. The molecule has 5 heteroatoms. The fourth-order valence-electron chi connectivity index (χ4n) is 1.98. The first kappa shape index (κ1) is 13.3. The first-order chi connectivity index (χ1) is 9.15. The molecule has 0 spiro atoms. The molecule has 0 atom stereocenters. The predicted molar refractivity (Wildman–Crippen MR) is 74.4 cm³/mol. The van der Waals surface area contributed by atoms with Crippen molar-refractivity contribution in [2.45, 2.75) is 13.3 Å². The highest BCUT2D eigenvalue weighted by molar-refractivity contribution is 5.91. The molecule has 0 saturated heterocycles. The molecule has 1 aromatic carbocycles. The number of benzene rings is 1. The third-order valence-corrected chi connectivity index (χ3v) is 3.05. The van der Waals surface area contributed by atoms with Crippen LogP contribution >= 0.6 is 0 Å². The summed E-state index contributed by atoms with van der Waals surface area (Å²) in [5.41, 5.74) is 9.34. The summed E-state index contributed by atoms with van der Waals surface area (Å²) in [6.07, 6.45) is 2.65. The maximum Gasteiger partial charge on any atom is 0.271 e. The summed E-state index contributed by atoms with van der Waals surface area (Å²) in [6.45, 7) is 2.69. The van der Waals surface area contributed by atoms with Gasteiger partial charge in [0.1, 0.15) is 0 Å². The molecule has 100 valence electrons. The largest absolute Gasteiger partial charge is 0.354 e. The number of rotatable bonds is 4. The Hall–Kier alpha value is -2.14. The van der Waals surface area contributed by atoms with E-state index in [0.29, 0.717) is 12.2 Å². The third kappa shape index (κ3) is 2.82. The molecule has 5 nitrogen and oxygen atoms in total. The number of nitrogens with two attached hydrogens (primary N) is 1. The molecule has 1 aromatic heterocycles. The minimum atomic E-state index is -0.185. The molecule has 19 heavy (non-hydrogen) atoms. The number of carbonyl (C=O) groups excluding carboxylic acids is 1. The van der Waals surface area contributed by atoms with E-state index >= 15 is 0 Å². The molecule has 0 aliphatic heterocycles. The minimum absolute atomic E-state index is 0.185. The summed E-state index contributed by atoms with van der Waals surface area (Å²) in [5, 5.41) is 6.80. The van der Waals surface area contributed by atoms with Crippen LogP contribution in [0.2, 0.25) is 0 Å². The van der Waals surface area contributed by atoms with Crippen molar-refractivity contribution in [2.75, 3.05) is 13.6 Å². The Morgan fingerprint density at radius 2 is 2.21 bits per heavy atom. The van der Waals surface area contributed by atoms with Crippen molar-refractivity contribution in [2.24, 2.45) is 5.73 Å². The smallest absolute Gasteiger partial charge is 0.271 e. The van der Waals surface area contributed by atoms with Crippen LogP contribution in [-0.2, 0) is 6.42 Å². The molecule has 2 aromatic rings. The summed E-state index contributed by atoms with van der Waals surface area (Å²) < 4.78 is 1.70. The van der Waals surface area contributed by atoms with Gasteiger partial charge in [0.05, 0.1) is 5.69 Å². The van der Waals surface area contributed by atoms with Gasteiger partial charge in [-0.3, -0.25) is 4.79 Å². The van der Waals surface area contributed by atoms with E-state index in [9.17, 15) is 4.79 Å². The van der Waals surface area contributed by atoms with E-state index in [1.165, 1.54) is 11.1 Å². The molecule has 0 aliphatic carbocycles. The van der Waals surface area contributed by atoms with Gasteiger partial charge in [-0.05, 0) is 49.2 Å². The third-order valence-electron chi connectivity index (χ3n) is 3.05. The number of nitrogens with zero attached hydrogens (tertiary/aromatic N) is 2. The van der Waals surface area contributed by atoms with Gasteiger partial charge >= 0.3 is 0 Å². The van der Waals surface area contributed by atoms with E-state index in [1.807, 2.05) is 12.1 Å². The summed E-state index contributed by atoms with van der Waals surface area (Å²) >= 11 is 0. The lowest BCUT2D eigenvalue weighted by Gasteiger charge is -2.07. The van der Waals surface area contributed by atoms with E-state index in [2.05, 4.69) is 23.4 Å². The Kier molecular flexibility index (Phi) is 3.97. The normalized spacial score (nSPS) is 10.5. The lowest BCUT2D eigenvalue weighted by molar-refractivity contribution is 0.0957. The number of amides is 1. The fourth-order valence-corrected chi connectivity index (χ4v) is 1.98. The standard InChI is InChI=1S/C14H18N4O/c1-10-9-12(4-3-11(10)5-7-15)18-8-6-13(17-18)14(19)16-2/h3-4,6,8-9H,5,7,15H2,1-2H3,(H,16,19). The van der Waals surface area contributed by atoms with Crippen LogP contribution in [0.4, 0.5) is 0 Å². The lowest BCUT2D eigenvalue weighted by atomic mass is 10.1. The quantitative estimate of drug-likeness (QED) is 0.860. The van der Waals surface area contributed by atoms with Gasteiger partial charge in [0.25, 0.3) is 5.91 Å². The number of aryl methyl sites for hydroxylation is 1. The predicted octanol–water partition coefficient (Wildman–Crippen LogP) is 1.04. The topological polar surface area (TPSA) is 72.9 Å². The maximum absolute atomic E-state index is 11.5. The average Bonchev–Trinajstić information content (AvgIpc) is 2.90. The second-order valence-electron chi connectivity index (χ2n) is 4.37. The van der Waals surface area contributed by atoms with Crippen LogP contribution in [0.15, 0.2) is 30.5 Å². The molecule has 0 bridgehead atoms. The van der Waals surface area contributed by atoms with Gasteiger partial charge in [0.15, 0.2) is 5.69 Å². The molecular weight excluding hydrogens is 240 g/mol. The summed E-state index contributed by atoms with van der Waals surface area (Å²) in [7, 11) is 1.59. The maximum atomic E-state index is 11.5. The lowest BCUT2D eigenvalue weighted by Crippen LogP contribution is -2.18. The first-order valence-corrected chi connectivity index (χ1v) is 6.23. The van der Waals surface area contributed by atoms with Gasteiger partial charge < -0.3 is 11.1 Å². The number of nitrogens with one attached hydrogen (secondary N) is 1. The Morgan fingerprint density at radius 3 is 2.84 bits per heavy atom. The Bertz CT molecular complexity index is 589. The second kappa shape index (κ2) is 5.67. The zero-order valence-electron chi connectivity index (χ0n) is 11.2. The summed E-state index contributed by atoms with van der Waals surface area (Å²) in [6, 6.07) is 7.78. The van der Waals surface area contributed by atoms with Gasteiger partial charge in [0.2, 0.25) is 0 Å². The van der Waals surface area contributed by atoms with E-state index in [4.69, 9.17) is 5.73 Å². The van der Waals surface area contributed by atoms with Gasteiger partial charge in [-0.25, -0.2) is 4.68 Å². The molecule has 3 N–H and O–H groups in total. The van der Waals surface area contributed by atoms with E-state index in [1.54, 1.807) is 24.0 Å². The molecule has 0 aliphatic rings. The molecule has 0 saturated carbocycles. The molecule has 2 rings (SSSR count). The molecule has 0 radical (unpaired) electrons. The first-order valence-electron chi connectivity index (χ1n) is 6.23. The van der Waals surface area contributed by atoms with Gasteiger partial charge in [-0.15, -0.1) is 0 Å². The zero-order chi connectivity index (χ0) is 13.8. The highest BCUT2D eigenvalue weighted by Gasteiger charge is 2.08. The fraction of sp³-hybridized carbons (Fsp3) is 0.286. The minimum Gasteiger partial charge on any atom is -0.354 e. The van der Waals surface area contributed by atoms with E-state index in [-0.39, 0.29) is 5.91 Å². The summed E-state index contributed by atoms with van der Waals surface area (Å²) in [4.78, 5) is 11.5. The Balaban J connectivity index is 2.29. The monoisotopic (exact) mass is 258 g/mol. The van der Waals surface area contributed by atoms with Crippen LogP contribution in [0, 0.1) is 6.92 Å². The van der Waals surface area contributed by atoms with Crippen LogP contribution in [0.3, 0.4) is 0 Å². The van der Waals surface area contributed by atoms with Crippen LogP contribution in [0.5, 0.6) is 0 Å². The molecule has 1 heterocycles. The molecular formula is C14H18N4O. The highest BCUT2D eigenvalue weighted by atomic mass is 16.1. The number of aromatic nitrogens is 2. The average molecular weight is 258 g/mol. The number of hydrogen-bond acceptors (Lipinski definition) is 3. The zero-order valence-corrected chi connectivity index (χ0v) is 11.2. The van der Waals surface area contributed by atoms with Crippen molar-refractivity contribution < 1.29 is 4.79 Å². The van der Waals surface area contributed by atoms with Crippen molar-refractivity contribution in [1.29, 1.82) is 0 Å². The number of hydrogen-bond donors (Lipinski definition) is 2. The second-order valence-corrected chi connectivity index (χ2v) is 4.37. The van der Waals surface area contributed by atoms with Crippen molar-refractivity contribution in [1.82, 2.24) is 15.1 Å². The van der Waals surface area contributed by atoms with Crippen molar-refractivity contribution in [3.8, 4) is 5.69 Å². The van der Waals surface area contributed by atoms with Gasteiger partial charge in [-0.1, -0.05) is 6.07 Å². The summed E-state index contributed by atoms with van der Waals surface area (Å²) in [5.74, 6) is -0.185. The van der Waals surface area contributed by atoms with Crippen LogP contribution in [0.1, 0.15) is 21.6 Å². The van der Waals surface area contributed by atoms with E-state index in [0.717, 1.165) is 12.1 Å². The number of carbonyl (C=O) groups is 1. The Labute approximate surface area is 112 Å². The van der Waals surface area contributed by atoms with Crippen molar-refractivity contribution in [3.05, 3.63) is 47.3 Å². The van der Waals surface area contributed by atoms with Crippen molar-refractivity contribution >= 4 is 5.91 Å². The van der Waals surface area contributed by atoms with Crippen LogP contribution < -0.4 is 11.1 Å². The van der Waals surface area contributed by atoms with Crippen molar-refractivity contribution in [3.63, 3.8) is 0 Å². The highest BCUT2D eigenvalue weighted by Crippen LogP contribution is 2.15. The van der Waals surface area contributed by atoms with Gasteiger partial charge in [0, 0.05) is 13.2 Å². The SMILES string of the molecule is CNC(=O)c1ccn(-c2ccc(CCN)c(C)c2)n1. The Morgan fingerprint density at radius 1 is 1.42 bits per heavy atom. The molecule has 0 fully saturated rings. The van der Waals surface area contributed by atoms with E-state index < -0.39 is 0 Å². The van der Waals surface area contributed by atoms with Gasteiger partial charge in [-0.2, -0.15) is 5.10 Å². The van der Waals surface area contributed by atoms with Crippen LogP contribution in [0.25, 0.3) is 5.69 Å².